The van der Waals surface area contributed by atoms with Crippen LogP contribution in [0, 0.1) is 13.8 Å². The summed E-state index contributed by atoms with van der Waals surface area (Å²) in [4.78, 5) is 0. The summed E-state index contributed by atoms with van der Waals surface area (Å²) in [5, 5.41) is 8.93. The van der Waals surface area contributed by atoms with E-state index in [0.717, 1.165) is 35.8 Å². The van der Waals surface area contributed by atoms with Gasteiger partial charge in [-0.3, -0.25) is 4.68 Å². The molecule has 2 rings (SSSR count). The molecule has 0 aliphatic carbocycles. The second-order valence-corrected chi connectivity index (χ2v) is 6.16. The monoisotopic (exact) mass is 305 g/mol. The fourth-order valence-corrected chi connectivity index (χ4v) is 2.72. The molecule has 0 aliphatic heterocycles. The lowest BCUT2D eigenvalue weighted by atomic mass is 10.1. The Kier molecular flexibility index (Phi) is 5.43. The molecule has 0 unspecified atom stereocenters. The predicted molar refractivity (Wildman–Crippen MR) is 89.1 cm³/mol. The quantitative estimate of drug-likeness (QED) is 0.881. The van der Waals surface area contributed by atoms with E-state index in [4.69, 9.17) is 11.6 Å². The Morgan fingerprint density at radius 1 is 1.24 bits per heavy atom. The van der Waals surface area contributed by atoms with Gasteiger partial charge in [0.2, 0.25) is 0 Å². The van der Waals surface area contributed by atoms with E-state index < -0.39 is 0 Å². The highest BCUT2D eigenvalue weighted by Crippen LogP contribution is 2.19. The first kappa shape index (κ1) is 16.1. The molecule has 0 aliphatic rings. The van der Waals surface area contributed by atoms with Gasteiger partial charge in [0.1, 0.15) is 0 Å². The largest absolute Gasteiger partial charge is 0.314 e. The van der Waals surface area contributed by atoms with Crippen LogP contribution in [0.4, 0.5) is 0 Å². The minimum atomic E-state index is 0.517. The predicted octanol–water partition coefficient (Wildman–Crippen LogP) is 3.74. The topological polar surface area (TPSA) is 29.9 Å². The normalized spacial score (nSPS) is 11.3. The summed E-state index contributed by atoms with van der Waals surface area (Å²) in [6.45, 7) is 10.3. The first-order valence-electron chi connectivity index (χ1n) is 7.48. The molecule has 21 heavy (non-hydrogen) atoms. The minimum Gasteiger partial charge on any atom is -0.314 e. The van der Waals surface area contributed by atoms with E-state index in [1.54, 1.807) is 0 Å². The average molecular weight is 306 g/mol. The Balaban J connectivity index is 2.13. The molecule has 1 aromatic carbocycles. The van der Waals surface area contributed by atoms with Crippen LogP contribution in [0.5, 0.6) is 0 Å². The van der Waals surface area contributed by atoms with Gasteiger partial charge in [-0.25, -0.2) is 0 Å². The van der Waals surface area contributed by atoms with Gasteiger partial charge in [-0.1, -0.05) is 43.6 Å². The van der Waals surface area contributed by atoms with Crippen molar-refractivity contribution in [1.82, 2.24) is 15.1 Å². The lowest BCUT2D eigenvalue weighted by molar-refractivity contribution is 0.588. The average Bonchev–Trinajstić information content (AvgIpc) is 2.68. The Hall–Kier alpha value is -1.32. The molecule has 0 saturated heterocycles. The third-order valence-electron chi connectivity index (χ3n) is 3.74. The highest BCUT2D eigenvalue weighted by molar-refractivity contribution is 6.31. The van der Waals surface area contributed by atoms with Crippen molar-refractivity contribution in [2.75, 3.05) is 6.54 Å². The van der Waals surface area contributed by atoms with Crippen LogP contribution in [0.3, 0.4) is 0 Å². The Morgan fingerprint density at radius 2 is 1.95 bits per heavy atom. The number of halogens is 1. The summed E-state index contributed by atoms with van der Waals surface area (Å²) in [6, 6.07) is 8.47. The van der Waals surface area contributed by atoms with Crippen molar-refractivity contribution in [2.24, 2.45) is 0 Å². The summed E-state index contributed by atoms with van der Waals surface area (Å²) in [6.07, 6.45) is 1.01. The third kappa shape index (κ3) is 4.08. The summed E-state index contributed by atoms with van der Waals surface area (Å²) >= 11 is 6.24. The maximum Gasteiger partial charge on any atom is 0.0677 e. The van der Waals surface area contributed by atoms with Crippen molar-refractivity contribution in [1.29, 1.82) is 0 Å². The summed E-state index contributed by atoms with van der Waals surface area (Å²) in [5.41, 5.74) is 4.80. The molecule has 0 amide bonds. The van der Waals surface area contributed by atoms with Gasteiger partial charge in [-0.15, -0.1) is 0 Å². The maximum atomic E-state index is 6.24. The number of aromatic nitrogens is 2. The van der Waals surface area contributed by atoms with Crippen LogP contribution >= 0.6 is 11.6 Å². The molecule has 1 heterocycles. The van der Waals surface area contributed by atoms with Gasteiger partial charge in [0, 0.05) is 16.8 Å². The summed E-state index contributed by atoms with van der Waals surface area (Å²) in [5.74, 6) is 0. The van der Waals surface area contributed by atoms with Crippen LogP contribution in [0.2, 0.25) is 5.02 Å². The van der Waals surface area contributed by atoms with Gasteiger partial charge in [-0.05, 0) is 44.0 Å². The molecule has 0 radical (unpaired) electrons. The number of hydrogen-bond donors (Lipinski definition) is 1. The van der Waals surface area contributed by atoms with Gasteiger partial charge in [0.05, 0.1) is 12.2 Å². The molecular weight excluding hydrogens is 282 g/mol. The SMILES string of the molecule is Cc1nn(Cc2ccccc2Cl)c(C)c1CCNC(C)C. The van der Waals surface area contributed by atoms with Crippen molar-refractivity contribution in [3.05, 3.63) is 51.8 Å². The van der Waals surface area contributed by atoms with Crippen molar-refractivity contribution >= 4 is 11.6 Å². The van der Waals surface area contributed by atoms with Crippen molar-refractivity contribution in [2.45, 2.75) is 46.7 Å². The molecule has 1 N–H and O–H groups in total. The number of nitrogens with zero attached hydrogens (tertiary/aromatic N) is 2. The molecule has 2 aromatic rings. The fourth-order valence-electron chi connectivity index (χ4n) is 2.52. The second-order valence-electron chi connectivity index (χ2n) is 5.76. The number of hydrogen-bond acceptors (Lipinski definition) is 2. The van der Waals surface area contributed by atoms with Crippen LogP contribution in [-0.2, 0) is 13.0 Å². The second kappa shape index (κ2) is 7.10. The molecule has 4 heteroatoms. The van der Waals surface area contributed by atoms with Crippen LogP contribution in [0.15, 0.2) is 24.3 Å². The minimum absolute atomic E-state index is 0.517. The van der Waals surface area contributed by atoms with E-state index in [9.17, 15) is 0 Å². The smallest absolute Gasteiger partial charge is 0.0677 e. The lowest BCUT2D eigenvalue weighted by Crippen LogP contribution is -2.25. The Morgan fingerprint density at radius 3 is 2.62 bits per heavy atom. The highest BCUT2D eigenvalue weighted by atomic mass is 35.5. The highest BCUT2D eigenvalue weighted by Gasteiger charge is 2.12. The zero-order valence-corrected chi connectivity index (χ0v) is 14.0. The molecule has 0 spiro atoms. The number of nitrogens with one attached hydrogen (secondary N) is 1. The number of benzene rings is 1. The van der Waals surface area contributed by atoms with Crippen LogP contribution in [0.25, 0.3) is 0 Å². The zero-order chi connectivity index (χ0) is 15.4. The molecule has 0 saturated carbocycles. The van der Waals surface area contributed by atoms with Gasteiger partial charge in [0.15, 0.2) is 0 Å². The van der Waals surface area contributed by atoms with E-state index in [-0.39, 0.29) is 0 Å². The Bertz CT molecular complexity index is 602. The first-order valence-corrected chi connectivity index (χ1v) is 7.86. The summed E-state index contributed by atoms with van der Waals surface area (Å²) < 4.78 is 2.06. The first-order chi connectivity index (χ1) is 9.99. The maximum absolute atomic E-state index is 6.24. The third-order valence-corrected chi connectivity index (χ3v) is 4.11. The van der Waals surface area contributed by atoms with Crippen LogP contribution in [0.1, 0.15) is 36.4 Å². The standard InChI is InChI=1S/C17H24ClN3/c1-12(2)19-10-9-16-13(3)20-21(14(16)4)11-15-7-5-6-8-17(15)18/h5-8,12,19H,9-11H2,1-4H3. The van der Waals surface area contributed by atoms with Gasteiger partial charge in [-0.2, -0.15) is 5.10 Å². The van der Waals surface area contributed by atoms with E-state index in [0.29, 0.717) is 6.04 Å². The van der Waals surface area contributed by atoms with Gasteiger partial charge >= 0.3 is 0 Å². The van der Waals surface area contributed by atoms with Crippen molar-refractivity contribution in [3.63, 3.8) is 0 Å². The van der Waals surface area contributed by atoms with E-state index in [2.05, 4.69) is 48.9 Å². The van der Waals surface area contributed by atoms with Gasteiger partial charge in [0.25, 0.3) is 0 Å². The van der Waals surface area contributed by atoms with E-state index in [1.165, 1.54) is 11.3 Å². The zero-order valence-electron chi connectivity index (χ0n) is 13.3. The van der Waals surface area contributed by atoms with Crippen LogP contribution in [-0.4, -0.2) is 22.4 Å². The Labute approximate surface area is 132 Å². The van der Waals surface area contributed by atoms with E-state index in [1.807, 2.05) is 18.2 Å². The summed E-state index contributed by atoms with van der Waals surface area (Å²) in [7, 11) is 0. The fraction of sp³-hybridized carbons (Fsp3) is 0.471. The molecular formula is C17H24ClN3. The molecule has 3 nitrogen and oxygen atoms in total. The molecule has 114 valence electrons. The molecule has 0 bridgehead atoms. The van der Waals surface area contributed by atoms with E-state index >= 15 is 0 Å². The lowest BCUT2D eigenvalue weighted by Gasteiger charge is -2.09. The van der Waals surface area contributed by atoms with Crippen LogP contribution < -0.4 is 5.32 Å². The molecule has 0 fully saturated rings. The molecule has 1 aromatic heterocycles. The number of aryl methyl sites for hydroxylation is 1. The number of rotatable bonds is 6. The molecule has 0 atom stereocenters. The van der Waals surface area contributed by atoms with Crippen molar-refractivity contribution < 1.29 is 0 Å². The van der Waals surface area contributed by atoms with Gasteiger partial charge < -0.3 is 5.32 Å². The van der Waals surface area contributed by atoms with Crippen molar-refractivity contribution in [3.8, 4) is 0 Å².